The summed E-state index contributed by atoms with van der Waals surface area (Å²) in [4.78, 5) is 77.0. The zero-order chi connectivity index (χ0) is 100. The molecule has 780 valence electrons. The van der Waals surface area contributed by atoms with Gasteiger partial charge in [0.25, 0.3) is 5.79 Å². The quantitative estimate of drug-likeness (QED) is 0.0257. The van der Waals surface area contributed by atoms with Crippen LogP contribution in [0.3, 0.4) is 0 Å². The topological polar surface area (TPSA) is 948 Å². The Morgan fingerprint density at radius 3 is 1.21 bits per heavy atom. The fraction of sp³-hybridized carbons (Fsp3) is 0.918. The summed E-state index contributed by atoms with van der Waals surface area (Å²) in [6.45, 7) is -5.27. The summed E-state index contributed by atoms with van der Waals surface area (Å²) in [7, 11) is -5.68. The highest BCUT2D eigenvalue weighted by molar-refractivity contribution is 7.80. The molecule has 10 rings (SSSR count). The molecule has 10 aliphatic rings. The van der Waals surface area contributed by atoms with Gasteiger partial charge in [-0.25, -0.2) is 8.98 Å². The maximum absolute atomic E-state index is 13.3. The predicted molar refractivity (Wildman–Crippen MR) is 414 cm³/mol. The predicted octanol–water partition coefficient (Wildman–Crippen LogP) is -22.0. The maximum atomic E-state index is 13.3. The first-order chi connectivity index (χ1) is 63.3. The van der Waals surface area contributed by atoms with E-state index in [2.05, 4.69) is 30.8 Å². The van der Waals surface area contributed by atoms with Crippen molar-refractivity contribution in [3.63, 3.8) is 0 Å². The fourth-order valence-corrected chi connectivity index (χ4v) is 17.2. The molecule has 5 amide bonds. The van der Waals surface area contributed by atoms with E-state index in [1.807, 2.05) is 0 Å². The number of ether oxygens (including phenoxy) is 19. The van der Waals surface area contributed by atoms with E-state index in [1.54, 1.807) is 0 Å². The van der Waals surface area contributed by atoms with E-state index < -0.39 is 424 Å². The van der Waals surface area contributed by atoms with Crippen molar-refractivity contribution >= 4 is 45.9 Å². The van der Waals surface area contributed by atoms with Crippen molar-refractivity contribution in [2.24, 2.45) is 0 Å². The van der Waals surface area contributed by atoms with Crippen LogP contribution in [0.5, 0.6) is 0 Å². The van der Waals surface area contributed by atoms with Gasteiger partial charge in [0, 0.05) is 41.0 Å². The molecule has 0 aromatic heterocycles. The van der Waals surface area contributed by atoms with Crippen LogP contribution in [0.4, 0.5) is 0 Å². The first-order valence-corrected chi connectivity index (χ1v) is 43.6. The molecule has 0 aromatic carbocycles. The Balaban J connectivity index is 0.985. The van der Waals surface area contributed by atoms with Crippen LogP contribution in [-0.2, 0) is 133 Å². The second-order valence-corrected chi connectivity index (χ2v) is 34.8. The second kappa shape index (κ2) is 47.9. The zero-order valence-electron chi connectivity index (χ0n) is 72.3. The Hall–Kier alpha value is -5.11. The number of aliphatic hydroxyl groups is 26. The first-order valence-electron chi connectivity index (χ1n) is 42.3. The molecule has 61 nitrogen and oxygen atoms in total. The van der Waals surface area contributed by atoms with E-state index in [1.165, 1.54) is 6.92 Å². The Labute approximate surface area is 763 Å². The number of aliphatic hydroxyl groups excluding tert-OH is 26. The lowest BCUT2D eigenvalue weighted by Crippen LogP contribution is -2.71. The molecule has 10 aliphatic heterocycles. The standard InChI is InChI=1S/C73H121N5O56S/c1-17-38(91)49(102)53(106)67(119-17)115-14-31-57(46(99)34(63(109)120-31)75-19(3)85)128-65-36(77-21(5)87)47(100)56(28(12-83)124-65)129-69-55(108)60(44(97)29(125-69)13-116-70-61(51(104)41(94)26(10-81)122-70)132-64-35(76-20(4)86)45(98)40(93)25(9-80)121-64)131-71-62(52(105)42(95)27(11-82)123-71)133-66-37(78-22(6)88)48(101)58(32(127-66)16-118-135(112,113)114)130-68-54(107)50(103)43(96)30(126-68)15-117-73(72(110)111)7-23(89)33(74-18(2)84)59(134-73)39(92)24(90)8-79/h17,23-71,79-83,89-109H,7-16H2,1-6H3,(H,74,84)(H,75,85)(H,76,86)(H,77,87)(H,78,88)(H,110,111)(H,112,113,114)/t17-,23-,24+,25+,26+,27+,28+,29+,30+,31+,32+,33+,34+,35+,36+,37-,38+,39+,40+,41+,42+,43-,44+,45+,46+,47+,48+,49+,50-,51-,52-,53-,54+,55-,56+,57+,58+,59+,60-,61-,62-,63+,64-,65-,66-,67+,68-,69-,70-,71+,73+/m0/s1. The van der Waals surface area contributed by atoms with Crippen molar-refractivity contribution in [1.29, 1.82) is 0 Å². The van der Waals surface area contributed by atoms with Crippen LogP contribution in [-0.4, -0.2) is 558 Å². The average Bonchev–Trinajstić information content (AvgIpc) is 0.765. The van der Waals surface area contributed by atoms with Crippen LogP contribution in [0.1, 0.15) is 48.0 Å². The minimum absolute atomic E-state index is 0.789. The van der Waals surface area contributed by atoms with Gasteiger partial charge >= 0.3 is 16.4 Å². The molecule has 51 atom stereocenters. The fourth-order valence-electron chi connectivity index (χ4n) is 16.9. The van der Waals surface area contributed by atoms with Gasteiger partial charge in [-0.3, -0.25) is 28.5 Å². The van der Waals surface area contributed by atoms with E-state index in [0.717, 1.165) is 34.6 Å². The lowest BCUT2D eigenvalue weighted by atomic mass is 9.88. The molecule has 10 heterocycles. The van der Waals surface area contributed by atoms with Crippen molar-refractivity contribution in [3.05, 3.63) is 0 Å². The van der Waals surface area contributed by atoms with Gasteiger partial charge in [-0.1, -0.05) is 0 Å². The van der Waals surface area contributed by atoms with Gasteiger partial charge in [0.15, 0.2) is 56.6 Å². The molecular weight excluding hydrogens is 1870 g/mol. The lowest BCUT2D eigenvalue weighted by Gasteiger charge is -2.51. The number of nitrogens with one attached hydrogen (secondary N) is 5. The van der Waals surface area contributed by atoms with Gasteiger partial charge in [0.1, 0.15) is 232 Å². The minimum Gasteiger partial charge on any atom is -0.477 e. The number of hydrogen-bond donors (Lipinski definition) is 33. The van der Waals surface area contributed by atoms with E-state index >= 15 is 0 Å². The van der Waals surface area contributed by atoms with Crippen LogP contribution in [0.2, 0.25) is 0 Å². The second-order valence-electron chi connectivity index (χ2n) is 33.7. The van der Waals surface area contributed by atoms with Crippen LogP contribution in [0.15, 0.2) is 0 Å². The molecule has 0 radical (unpaired) electrons. The van der Waals surface area contributed by atoms with Crippen LogP contribution in [0, 0.1) is 0 Å². The molecule has 0 spiro atoms. The zero-order valence-corrected chi connectivity index (χ0v) is 73.1. The van der Waals surface area contributed by atoms with E-state index in [-0.39, 0.29) is 0 Å². The molecular formula is C73H121N5O56S. The summed E-state index contributed by atoms with van der Waals surface area (Å²) in [5, 5.41) is 315. The molecule has 10 saturated heterocycles. The molecule has 0 bridgehead atoms. The molecule has 0 saturated carbocycles. The molecule has 10 fully saturated rings. The lowest BCUT2D eigenvalue weighted by molar-refractivity contribution is -0.399. The van der Waals surface area contributed by atoms with Crippen molar-refractivity contribution in [1.82, 2.24) is 26.6 Å². The highest BCUT2D eigenvalue weighted by atomic mass is 32.3. The van der Waals surface area contributed by atoms with Crippen LogP contribution in [0.25, 0.3) is 0 Å². The molecule has 0 aliphatic carbocycles. The number of carbonyl (C=O) groups excluding carboxylic acids is 5. The normalized spacial score (nSPS) is 46.6. The smallest absolute Gasteiger partial charge is 0.397 e. The summed E-state index contributed by atoms with van der Waals surface area (Å²) < 4.78 is 152. The van der Waals surface area contributed by atoms with Gasteiger partial charge in [-0.15, -0.1) is 0 Å². The van der Waals surface area contributed by atoms with Crippen molar-refractivity contribution < 1.29 is 274 Å². The van der Waals surface area contributed by atoms with E-state index in [9.17, 15) is 180 Å². The molecule has 0 aromatic rings. The molecule has 135 heavy (non-hydrogen) atoms. The summed E-state index contributed by atoms with van der Waals surface area (Å²) in [5.74, 6) is -10.1. The van der Waals surface area contributed by atoms with Crippen molar-refractivity contribution in [2.45, 2.75) is 360 Å². The Kier molecular flexibility index (Phi) is 39.7. The SMILES string of the molecule is CC(=O)N[C@@H]1[C@H](O[C@@H]2[C@@H](O[C@@H]3[C@H](O)[C@H](O[C@H]4[C@H](O)[C@@H](NC(C)=O)[C@H](O[C@H]5[C@H](O)[C@@H](NC(C)=O)[C@H](O)O[C@@H]5CO[C@@H]5O[C@@H](C)[C@@H](O)[C@@H](O)[C@@H]5O)O[C@@H]4CO)O[C@H](CO[C@H]4O[C@H](CO)[C@@H](O)[C@H](O)[C@@H]4O[C@@H]4O[C@H](CO)[C@@H](O)[C@H](O)[C@H]4NC(C)=O)[C@H]3O)O[C@H](CO)[C@@H](O)[C@@H]2O)O[C@H](COS(=O)(=O)O)[C@@H](O[C@@H]2O[C@H](CO[C@]3(C(=O)O)C[C@H](O)[C@@H](NC(C)=O)[C@H]([C@H](O)[C@H](O)CO)O3)[C@H](O)[C@H](O)[C@H]2O)[C@@H]1O. The third-order valence-corrected chi connectivity index (χ3v) is 24.4. The number of carboxylic acid groups (broad SMARTS) is 1. The maximum Gasteiger partial charge on any atom is 0.397 e. The largest absolute Gasteiger partial charge is 0.477 e. The van der Waals surface area contributed by atoms with Crippen molar-refractivity contribution in [3.8, 4) is 0 Å². The number of carboxylic acids is 1. The summed E-state index contributed by atoms with van der Waals surface area (Å²) in [6, 6.07) is -9.71. The number of amides is 5. The van der Waals surface area contributed by atoms with Gasteiger partial charge < -0.3 is 254 Å². The van der Waals surface area contributed by atoms with Crippen molar-refractivity contribution in [2.75, 3.05) is 59.5 Å². The van der Waals surface area contributed by atoms with Gasteiger partial charge in [-0.2, -0.15) is 8.42 Å². The van der Waals surface area contributed by atoms with Crippen LogP contribution < -0.4 is 26.6 Å². The third-order valence-electron chi connectivity index (χ3n) is 24.0. The molecule has 0 unspecified atom stereocenters. The average molecular weight is 2000 g/mol. The van der Waals surface area contributed by atoms with E-state index in [0.29, 0.717) is 0 Å². The Bertz CT molecular complexity index is 3950. The highest BCUT2D eigenvalue weighted by Crippen LogP contribution is 2.42. The van der Waals surface area contributed by atoms with Gasteiger partial charge in [0.05, 0.1) is 77.7 Å². The highest BCUT2D eigenvalue weighted by Gasteiger charge is 2.63. The number of aliphatic carboxylic acids is 1. The van der Waals surface area contributed by atoms with Crippen LogP contribution >= 0.6 is 0 Å². The number of carbonyl (C=O) groups is 6. The number of hydrogen-bond acceptors (Lipinski definition) is 54. The first kappa shape index (κ1) is 112. The monoisotopic (exact) mass is 2000 g/mol. The molecule has 33 N–H and O–H groups in total. The summed E-state index contributed by atoms with van der Waals surface area (Å²) >= 11 is 0. The summed E-state index contributed by atoms with van der Waals surface area (Å²) in [6.07, 6.45) is -101. The third kappa shape index (κ3) is 25.9. The Morgan fingerprint density at radius 1 is 0.356 bits per heavy atom. The minimum atomic E-state index is -5.68. The Morgan fingerprint density at radius 2 is 0.719 bits per heavy atom. The molecule has 62 heteroatoms. The van der Waals surface area contributed by atoms with Gasteiger partial charge in [-0.05, 0) is 6.92 Å². The van der Waals surface area contributed by atoms with E-state index in [4.69, 9.17) is 90.0 Å². The number of rotatable bonds is 37. The summed E-state index contributed by atoms with van der Waals surface area (Å²) in [5.41, 5.74) is 0. The van der Waals surface area contributed by atoms with Gasteiger partial charge in [0.2, 0.25) is 29.5 Å².